The maximum atomic E-state index is 13.4. The fourth-order valence-electron chi connectivity index (χ4n) is 3.64. The third-order valence-corrected chi connectivity index (χ3v) is 7.00. The van der Waals surface area contributed by atoms with Crippen molar-refractivity contribution in [1.29, 1.82) is 0 Å². The van der Waals surface area contributed by atoms with Crippen molar-refractivity contribution in [2.24, 2.45) is 0 Å². The summed E-state index contributed by atoms with van der Waals surface area (Å²) >= 11 is 0. The van der Waals surface area contributed by atoms with Crippen LogP contribution >= 0.6 is 0 Å². The number of pyridine rings is 1. The van der Waals surface area contributed by atoms with Crippen LogP contribution in [0, 0.1) is 13.8 Å². The van der Waals surface area contributed by atoms with E-state index >= 15 is 0 Å². The van der Waals surface area contributed by atoms with Gasteiger partial charge in [-0.2, -0.15) is 13.2 Å². The zero-order valence-corrected chi connectivity index (χ0v) is 19.0. The first-order valence-electron chi connectivity index (χ1n) is 10.2. The summed E-state index contributed by atoms with van der Waals surface area (Å²) < 4.78 is 72.1. The number of nitrogens with zero attached hydrogens (tertiary/aromatic N) is 2. The highest BCUT2D eigenvalue weighted by Crippen LogP contribution is 2.36. The molecule has 0 bridgehead atoms. The average Bonchev–Trinajstić information content (AvgIpc) is 2.88. The molecule has 178 valence electrons. The highest BCUT2D eigenvalue weighted by Gasteiger charge is 2.33. The van der Waals surface area contributed by atoms with Gasteiger partial charge >= 0.3 is 6.18 Å². The maximum absolute atomic E-state index is 13.4. The Morgan fingerprint density at radius 3 is 2.29 bits per heavy atom. The lowest BCUT2D eigenvalue weighted by molar-refractivity contribution is -0.137. The minimum atomic E-state index is -4.54. The van der Waals surface area contributed by atoms with Crippen molar-refractivity contribution < 1.29 is 31.1 Å². The van der Waals surface area contributed by atoms with Gasteiger partial charge in [0.2, 0.25) is 0 Å². The molecule has 7 nitrogen and oxygen atoms in total. The Morgan fingerprint density at radius 1 is 1.03 bits per heavy atom. The van der Waals surface area contributed by atoms with Crippen molar-refractivity contribution in [1.82, 2.24) is 4.98 Å². The van der Waals surface area contributed by atoms with E-state index in [2.05, 4.69) is 10.3 Å². The van der Waals surface area contributed by atoms with Crippen LogP contribution in [0.1, 0.15) is 27.3 Å². The molecule has 2 heterocycles. The molecular formula is C23H20F3N3O4S. The van der Waals surface area contributed by atoms with E-state index < -0.39 is 27.7 Å². The van der Waals surface area contributed by atoms with Gasteiger partial charge in [-0.15, -0.1) is 0 Å². The Morgan fingerprint density at radius 2 is 1.68 bits per heavy atom. The number of rotatable bonds is 3. The van der Waals surface area contributed by atoms with Gasteiger partial charge in [0.1, 0.15) is 17.3 Å². The van der Waals surface area contributed by atoms with Gasteiger partial charge in [-0.05, 0) is 68.4 Å². The van der Waals surface area contributed by atoms with E-state index in [-0.39, 0.29) is 35.2 Å². The van der Waals surface area contributed by atoms with Crippen molar-refractivity contribution in [3.8, 4) is 5.75 Å². The molecule has 1 aliphatic rings. The number of aromatic nitrogens is 1. The fourth-order valence-corrected chi connectivity index (χ4v) is 5.25. The Balaban J connectivity index is 1.66. The molecule has 0 saturated carbocycles. The summed E-state index contributed by atoms with van der Waals surface area (Å²) in [6, 6.07) is 11.3. The first kappa shape index (κ1) is 23.6. The van der Waals surface area contributed by atoms with Crippen LogP contribution in [-0.4, -0.2) is 32.5 Å². The third-order valence-electron chi connectivity index (χ3n) is 5.15. The number of amides is 1. The second-order valence-electron chi connectivity index (χ2n) is 7.72. The number of halogens is 3. The van der Waals surface area contributed by atoms with E-state index in [9.17, 15) is 26.4 Å². The van der Waals surface area contributed by atoms with E-state index in [1.54, 1.807) is 26.0 Å². The predicted molar refractivity (Wildman–Crippen MR) is 120 cm³/mol. The lowest BCUT2D eigenvalue weighted by Crippen LogP contribution is -2.32. The summed E-state index contributed by atoms with van der Waals surface area (Å²) in [4.78, 5) is 16.7. The minimum absolute atomic E-state index is 0.00543. The average molecular weight is 491 g/mol. The largest absolute Gasteiger partial charge is 0.490 e. The Labute approximate surface area is 194 Å². The van der Waals surface area contributed by atoms with Gasteiger partial charge in [0.05, 0.1) is 17.8 Å². The van der Waals surface area contributed by atoms with Gasteiger partial charge in [0.15, 0.2) is 0 Å². The monoisotopic (exact) mass is 491 g/mol. The quantitative estimate of drug-likeness (QED) is 0.581. The molecular weight excluding hydrogens is 471 g/mol. The van der Waals surface area contributed by atoms with Crippen LogP contribution in [0.2, 0.25) is 0 Å². The van der Waals surface area contributed by atoms with E-state index in [0.29, 0.717) is 17.0 Å². The molecule has 0 atom stereocenters. The van der Waals surface area contributed by atoms with Gasteiger partial charge in [-0.25, -0.2) is 8.42 Å². The smallest absolute Gasteiger partial charge is 0.416 e. The molecule has 0 fully saturated rings. The number of ether oxygens (including phenoxy) is 1. The predicted octanol–water partition coefficient (Wildman–Crippen LogP) is 4.56. The van der Waals surface area contributed by atoms with Gasteiger partial charge in [0, 0.05) is 22.6 Å². The zero-order chi connectivity index (χ0) is 24.7. The summed E-state index contributed by atoms with van der Waals surface area (Å²) in [5.41, 5.74) is 1.10. The molecule has 0 aliphatic carbocycles. The number of aryl methyl sites for hydroxylation is 2. The van der Waals surface area contributed by atoms with E-state index in [1.165, 1.54) is 18.2 Å². The Kier molecular flexibility index (Phi) is 5.98. The SMILES string of the molecule is Cc1cc(C(=O)Nc2ccc3c(c2)S(=O)(=O)N(c2ccc(C(F)(F)F)cc2)CCO3)cc(C)n1. The lowest BCUT2D eigenvalue weighted by Gasteiger charge is -2.22. The zero-order valence-electron chi connectivity index (χ0n) is 18.2. The number of carbonyl (C=O) groups excluding carboxylic acids is 1. The summed E-state index contributed by atoms with van der Waals surface area (Å²) in [7, 11) is -4.19. The first-order valence-corrected chi connectivity index (χ1v) is 11.6. The molecule has 34 heavy (non-hydrogen) atoms. The van der Waals surface area contributed by atoms with Gasteiger partial charge in [0.25, 0.3) is 15.9 Å². The minimum Gasteiger partial charge on any atom is -0.490 e. The Bertz CT molecular complexity index is 1340. The van der Waals surface area contributed by atoms with Crippen LogP contribution in [0.4, 0.5) is 24.5 Å². The number of carbonyl (C=O) groups is 1. The molecule has 0 saturated heterocycles. The summed E-state index contributed by atoms with van der Waals surface area (Å²) in [5.74, 6) is -0.358. The molecule has 3 aromatic rings. The topological polar surface area (TPSA) is 88.6 Å². The molecule has 1 aliphatic heterocycles. The summed E-state index contributed by atoms with van der Waals surface area (Å²) in [6.07, 6.45) is -4.54. The number of hydrogen-bond donors (Lipinski definition) is 1. The van der Waals surface area contributed by atoms with Crippen molar-refractivity contribution in [3.05, 3.63) is 77.1 Å². The molecule has 0 radical (unpaired) electrons. The van der Waals surface area contributed by atoms with Crippen LogP contribution in [-0.2, 0) is 16.2 Å². The molecule has 1 N–H and O–H groups in total. The number of alkyl halides is 3. The molecule has 0 spiro atoms. The van der Waals surface area contributed by atoms with Crippen molar-refractivity contribution >= 4 is 27.3 Å². The molecule has 4 rings (SSSR count). The molecule has 1 amide bonds. The Hall–Kier alpha value is -3.60. The van der Waals surface area contributed by atoms with E-state index in [4.69, 9.17) is 4.74 Å². The van der Waals surface area contributed by atoms with Crippen molar-refractivity contribution in [3.63, 3.8) is 0 Å². The number of anilines is 2. The fraction of sp³-hybridized carbons (Fsp3) is 0.217. The molecule has 0 unspecified atom stereocenters. The van der Waals surface area contributed by atoms with Crippen molar-refractivity contribution in [2.45, 2.75) is 24.9 Å². The second-order valence-corrected chi connectivity index (χ2v) is 9.56. The van der Waals surface area contributed by atoms with Crippen molar-refractivity contribution in [2.75, 3.05) is 22.8 Å². The van der Waals surface area contributed by atoms with Crippen LogP contribution in [0.5, 0.6) is 5.75 Å². The van der Waals surface area contributed by atoms with Crippen LogP contribution in [0.3, 0.4) is 0 Å². The number of benzene rings is 2. The maximum Gasteiger partial charge on any atom is 0.416 e. The lowest BCUT2D eigenvalue weighted by atomic mass is 10.2. The van der Waals surface area contributed by atoms with Crippen LogP contribution < -0.4 is 14.4 Å². The van der Waals surface area contributed by atoms with Gasteiger partial charge in [-0.1, -0.05) is 0 Å². The molecule has 2 aromatic carbocycles. The highest BCUT2D eigenvalue weighted by atomic mass is 32.2. The third kappa shape index (κ3) is 4.69. The highest BCUT2D eigenvalue weighted by molar-refractivity contribution is 7.93. The molecule has 1 aromatic heterocycles. The number of fused-ring (bicyclic) bond motifs is 1. The number of hydrogen-bond acceptors (Lipinski definition) is 5. The van der Waals surface area contributed by atoms with Gasteiger partial charge < -0.3 is 10.1 Å². The number of sulfonamides is 1. The first-order chi connectivity index (χ1) is 15.9. The second kappa shape index (κ2) is 8.64. The van der Waals surface area contributed by atoms with E-state index in [1.807, 2.05) is 0 Å². The van der Waals surface area contributed by atoms with Crippen LogP contribution in [0.25, 0.3) is 0 Å². The standard InChI is InChI=1S/C23H20F3N3O4S/c1-14-11-16(12-15(2)27-14)22(30)28-18-5-8-20-21(13-18)34(31,32)29(9-10-33-20)19-6-3-17(4-7-19)23(24,25)26/h3-8,11-13H,9-10H2,1-2H3,(H,28,30). The normalized spacial score (nSPS) is 15.1. The summed E-state index contributed by atoms with van der Waals surface area (Å²) in [5, 5.41) is 2.67. The summed E-state index contributed by atoms with van der Waals surface area (Å²) in [6.45, 7) is 3.41. The molecule has 11 heteroatoms. The van der Waals surface area contributed by atoms with Gasteiger partial charge in [-0.3, -0.25) is 14.1 Å². The van der Waals surface area contributed by atoms with Crippen LogP contribution in [0.15, 0.2) is 59.5 Å². The number of nitrogens with one attached hydrogen (secondary N) is 1. The van der Waals surface area contributed by atoms with E-state index in [0.717, 1.165) is 28.6 Å².